The first-order valence-corrected chi connectivity index (χ1v) is 20.3. The summed E-state index contributed by atoms with van der Waals surface area (Å²) in [5, 5.41) is 7.10. The monoisotopic (exact) mass is 816 g/mol. The number of aromatic nitrogens is 1. The molecule has 302 valence electrons. The highest BCUT2D eigenvalue weighted by Gasteiger charge is 2.33. The Kier molecular flexibility index (Phi) is 11.4. The minimum atomic E-state index is -0.663. The number of alkyl carbamates (subject to hydrolysis) is 1. The zero-order chi connectivity index (χ0) is 41.8. The van der Waals surface area contributed by atoms with Crippen molar-refractivity contribution in [3.63, 3.8) is 0 Å². The van der Waals surface area contributed by atoms with Crippen molar-refractivity contribution in [3.8, 4) is 22.6 Å². The Morgan fingerprint density at radius 2 is 1.42 bits per heavy atom. The van der Waals surface area contributed by atoms with Gasteiger partial charge in [0.25, 0.3) is 11.8 Å². The quantitative estimate of drug-likeness (QED) is 0.143. The third kappa shape index (κ3) is 9.07. The molecule has 10 heteroatoms. The Morgan fingerprint density at radius 1 is 0.750 bits per heavy atom. The predicted molar refractivity (Wildman–Crippen MR) is 237 cm³/mol. The van der Waals surface area contributed by atoms with Crippen LogP contribution in [-0.4, -0.2) is 45.6 Å². The van der Waals surface area contributed by atoms with E-state index in [-0.39, 0.29) is 24.4 Å². The first-order chi connectivity index (χ1) is 29.0. The number of rotatable bonds is 10. The van der Waals surface area contributed by atoms with Gasteiger partial charge in [0.05, 0.1) is 28.4 Å². The second kappa shape index (κ2) is 17.2. The number of carbonyl (C=O) groups is 3. The van der Waals surface area contributed by atoms with Crippen LogP contribution in [0.15, 0.2) is 152 Å². The summed E-state index contributed by atoms with van der Waals surface area (Å²) in [7, 11) is 0. The zero-order valence-corrected chi connectivity index (χ0v) is 34.4. The lowest BCUT2D eigenvalue weighted by atomic mass is 9.93. The Bertz CT molecular complexity index is 2670. The van der Waals surface area contributed by atoms with Gasteiger partial charge in [-0.3, -0.25) is 9.59 Å². The maximum atomic E-state index is 14.8. The van der Waals surface area contributed by atoms with E-state index < -0.39 is 11.7 Å². The van der Waals surface area contributed by atoms with Crippen LogP contribution >= 0.6 is 11.6 Å². The SMILES string of the molecule is CC(C)(C)OC(=O)NC[C@@H]1Cc2ccccc2CN1C(=O)c1ccc(Cl)cc1-n1cc(C(=O)Nc2ccc(-c3ccc(OCc4ccccc4)cc3)cc2)c2ccccc21. The van der Waals surface area contributed by atoms with Gasteiger partial charge in [-0.15, -0.1) is 0 Å². The normalized spacial score (nSPS) is 13.7. The summed E-state index contributed by atoms with van der Waals surface area (Å²) in [4.78, 5) is 43.3. The molecule has 0 saturated carbocycles. The van der Waals surface area contributed by atoms with Crippen molar-refractivity contribution in [1.29, 1.82) is 0 Å². The van der Waals surface area contributed by atoms with E-state index in [9.17, 15) is 14.4 Å². The number of hydrogen-bond donors (Lipinski definition) is 2. The average Bonchev–Trinajstić information content (AvgIpc) is 3.64. The van der Waals surface area contributed by atoms with Gasteiger partial charge < -0.3 is 29.6 Å². The van der Waals surface area contributed by atoms with Crippen LogP contribution in [0, 0.1) is 0 Å². The Labute approximate surface area is 354 Å². The Morgan fingerprint density at radius 3 is 2.15 bits per heavy atom. The summed E-state index contributed by atoms with van der Waals surface area (Å²) in [5.74, 6) is 0.257. The molecule has 0 fully saturated rings. The van der Waals surface area contributed by atoms with Crippen LogP contribution in [0.1, 0.15) is 58.2 Å². The molecular formula is C50H45ClN4O5. The van der Waals surface area contributed by atoms with E-state index in [1.807, 2.05) is 147 Å². The van der Waals surface area contributed by atoms with Gasteiger partial charge in [-0.2, -0.15) is 0 Å². The van der Waals surface area contributed by atoms with E-state index >= 15 is 0 Å². The molecule has 0 bridgehead atoms. The fourth-order valence-corrected chi connectivity index (χ4v) is 7.72. The van der Waals surface area contributed by atoms with E-state index in [1.54, 1.807) is 29.3 Å². The lowest BCUT2D eigenvalue weighted by Crippen LogP contribution is -2.50. The molecule has 2 N–H and O–H groups in total. The first kappa shape index (κ1) is 40.0. The standard InChI is InChI=1S/C50H45ClN4O5/c1-50(2,3)60-49(58)52-29-40-27-36-13-7-8-14-37(36)30-54(40)48(57)43-26-21-38(51)28-46(43)55-31-44(42-15-9-10-16-45(42)55)47(56)53-39-22-17-34(18-23-39)35-19-24-41(25-20-35)59-32-33-11-5-4-6-12-33/h4-26,28,31,40H,27,29-30,32H2,1-3H3,(H,52,58)(H,53,56)/t40-/m0/s1. The van der Waals surface area contributed by atoms with Gasteiger partial charge in [0.2, 0.25) is 0 Å². The highest BCUT2D eigenvalue weighted by Crippen LogP contribution is 2.33. The third-order valence-electron chi connectivity index (χ3n) is 10.5. The number of ether oxygens (including phenoxy) is 2. The van der Waals surface area contributed by atoms with Gasteiger partial charge in [0, 0.05) is 35.4 Å². The van der Waals surface area contributed by atoms with Crippen LogP contribution in [-0.2, 0) is 24.3 Å². The molecule has 1 aromatic heterocycles. The van der Waals surface area contributed by atoms with Gasteiger partial charge in [-0.25, -0.2) is 4.79 Å². The van der Waals surface area contributed by atoms with Crippen LogP contribution in [0.3, 0.4) is 0 Å². The molecular weight excluding hydrogens is 772 g/mol. The first-order valence-electron chi connectivity index (χ1n) is 19.9. The van der Waals surface area contributed by atoms with Crippen LogP contribution in [0.2, 0.25) is 5.02 Å². The number of nitrogens with zero attached hydrogens (tertiary/aromatic N) is 2. The number of para-hydroxylation sites is 1. The lowest BCUT2D eigenvalue weighted by Gasteiger charge is -2.37. The smallest absolute Gasteiger partial charge is 0.407 e. The number of benzene rings is 6. The molecule has 1 atom stereocenters. The summed E-state index contributed by atoms with van der Waals surface area (Å²) in [6.07, 6.45) is 1.76. The molecule has 6 aromatic carbocycles. The predicted octanol–water partition coefficient (Wildman–Crippen LogP) is 10.9. The lowest BCUT2D eigenvalue weighted by molar-refractivity contribution is 0.0474. The van der Waals surface area contributed by atoms with E-state index in [0.29, 0.717) is 52.5 Å². The molecule has 60 heavy (non-hydrogen) atoms. The van der Waals surface area contributed by atoms with Crippen LogP contribution in [0.25, 0.3) is 27.7 Å². The van der Waals surface area contributed by atoms with E-state index in [2.05, 4.69) is 16.7 Å². The molecule has 3 amide bonds. The van der Waals surface area contributed by atoms with Crippen molar-refractivity contribution >= 4 is 46.1 Å². The van der Waals surface area contributed by atoms with Gasteiger partial charge >= 0.3 is 6.09 Å². The molecule has 0 radical (unpaired) electrons. The molecule has 8 rings (SSSR count). The van der Waals surface area contributed by atoms with E-state index in [1.165, 1.54) is 0 Å². The number of fused-ring (bicyclic) bond motifs is 2. The minimum Gasteiger partial charge on any atom is -0.489 e. The van der Waals surface area contributed by atoms with E-state index in [0.717, 1.165) is 39.1 Å². The number of anilines is 1. The molecule has 2 heterocycles. The maximum absolute atomic E-state index is 14.8. The molecule has 0 unspecified atom stereocenters. The summed E-state index contributed by atoms with van der Waals surface area (Å²) < 4.78 is 13.3. The van der Waals surface area contributed by atoms with Crippen LogP contribution in [0.5, 0.6) is 5.75 Å². The molecule has 0 aliphatic carbocycles. The van der Waals surface area contributed by atoms with Crippen molar-refractivity contribution in [2.45, 2.75) is 52.0 Å². The van der Waals surface area contributed by atoms with Crippen molar-refractivity contribution in [1.82, 2.24) is 14.8 Å². The molecule has 0 saturated heterocycles. The Balaban J connectivity index is 1.03. The summed E-state index contributed by atoms with van der Waals surface area (Å²) in [6, 6.07) is 46.1. The fraction of sp³-hybridized carbons (Fsp3) is 0.180. The highest BCUT2D eigenvalue weighted by atomic mass is 35.5. The van der Waals surface area contributed by atoms with Crippen LogP contribution < -0.4 is 15.4 Å². The highest BCUT2D eigenvalue weighted by molar-refractivity contribution is 6.31. The fourth-order valence-electron chi connectivity index (χ4n) is 7.55. The van der Waals surface area contributed by atoms with Crippen molar-refractivity contribution in [2.75, 3.05) is 11.9 Å². The van der Waals surface area contributed by atoms with Crippen molar-refractivity contribution < 1.29 is 23.9 Å². The molecule has 7 aromatic rings. The van der Waals surface area contributed by atoms with Gasteiger partial charge in [0.15, 0.2) is 0 Å². The summed E-state index contributed by atoms with van der Waals surface area (Å²) in [6.45, 7) is 6.48. The molecule has 0 spiro atoms. The van der Waals surface area contributed by atoms with Crippen molar-refractivity contribution in [2.24, 2.45) is 0 Å². The molecule has 9 nitrogen and oxygen atoms in total. The largest absolute Gasteiger partial charge is 0.489 e. The number of nitrogens with one attached hydrogen (secondary N) is 2. The number of hydrogen-bond acceptors (Lipinski definition) is 5. The summed E-state index contributed by atoms with van der Waals surface area (Å²) >= 11 is 6.63. The van der Waals surface area contributed by atoms with Gasteiger partial charge in [-0.05, 0) is 104 Å². The number of amides is 3. The van der Waals surface area contributed by atoms with Crippen LogP contribution in [0.4, 0.5) is 10.5 Å². The van der Waals surface area contributed by atoms with E-state index in [4.69, 9.17) is 21.1 Å². The van der Waals surface area contributed by atoms with Gasteiger partial charge in [0.1, 0.15) is 18.0 Å². The topological polar surface area (TPSA) is 102 Å². The molecule has 1 aliphatic rings. The maximum Gasteiger partial charge on any atom is 0.407 e. The minimum absolute atomic E-state index is 0.200. The number of halogens is 1. The van der Waals surface area contributed by atoms with Crippen molar-refractivity contribution in [3.05, 3.63) is 185 Å². The van der Waals surface area contributed by atoms with Gasteiger partial charge in [-0.1, -0.05) is 109 Å². The zero-order valence-electron chi connectivity index (χ0n) is 33.7. The number of carbonyl (C=O) groups excluding carboxylic acids is 3. The second-order valence-corrected chi connectivity index (χ2v) is 16.3. The Hall–Kier alpha value is -6.84. The second-order valence-electron chi connectivity index (χ2n) is 15.9. The summed E-state index contributed by atoms with van der Waals surface area (Å²) in [5.41, 5.74) is 7.36. The average molecular weight is 817 g/mol. The third-order valence-corrected chi connectivity index (χ3v) is 10.7. The molecule has 1 aliphatic heterocycles.